The van der Waals surface area contributed by atoms with E-state index in [1.54, 1.807) is 6.92 Å². The molecule has 2 N–H and O–H groups in total. The van der Waals surface area contributed by atoms with Crippen molar-refractivity contribution in [3.63, 3.8) is 0 Å². The highest BCUT2D eigenvalue weighted by Crippen LogP contribution is 2.00. The molecule has 19 heavy (non-hydrogen) atoms. The topological polar surface area (TPSA) is 67.4 Å². The van der Waals surface area contributed by atoms with Crippen LogP contribution in [0.4, 0.5) is 4.79 Å². The molecule has 0 aliphatic carbocycles. The normalized spacial score (nSPS) is 11.8. The first kappa shape index (κ1) is 15.0. The number of amides is 2. The van der Waals surface area contributed by atoms with Gasteiger partial charge in [-0.2, -0.15) is 0 Å². The third-order valence-corrected chi connectivity index (χ3v) is 2.37. The molecule has 0 aromatic heterocycles. The molecule has 5 nitrogen and oxygen atoms in total. The molecule has 0 bridgehead atoms. The van der Waals surface area contributed by atoms with Crippen molar-refractivity contribution in [2.75, 3.05) is 0 Å². The van der Waals surface area contributed by atoms with Gasteiger partial charge in [0.2, 0.25) is 5.91 Å². The van der Waals surface area contributed by atoms with Crippen LogP contribution in [-0.4, -0.2) is 24.1 Å². The maximum Gasteiger partial charge on any atom is 0.408 e. The van der Waals surface area contributed by atoms with Crippen LogP contribution in [-0.2, 0) is 16.1 Å². The molecule has 104 valence electrons. The van der Waals surface area contributed by atoms with Crippen molar-refractivity contribution in [3.8, 4) is 0 Å². The molecule has 2 amide bonds. The summed E-state index contributed by atoms with van der Waals surface area (Å²) in [7, 11) is 0. The molecule has 0 saturated carbocycles. The Labute approximate surface area is 113 Å². The molecule has 0 saturated heterocycles. The Balaban J connectivity index is 2.33. The van der Waals surface area contributed by atoms with Gasteiger partial charge < -0.3 is 15.4 Å². The fourth-order valence-corrected chi connectivity index (χ4v) is 1.42. The standard InChI is InChI=1S/C14H20N2O3/c1-10(2)15-13(17)11(3)16-14(18)19-9-12-7-5-4-6-8-12/h4-8,10-11H,9H2,1-3H3,(H,15,17)(H,16,18)/t11-/m0/s1. The van der Waals surface area contributed by atoms with Crippen molar-refractivity contribution in [1.82, 2.24) is 10.6 Å². The highest BCUT2D eigenvalue weighted by Gasteiger charge is 2.16. The lowest BCUT2D eigenvalue weighted by molar-refractivity contribution is -0.123. The predicted molar refractivity (Wildman–Crippen MR) is 72.5 cm³/mol. The van der Waals surface area contributed by atoms with E-state index in [0.717, 1.165) is 5.56 Å². The van der Waals surface area contributed by atoms with E-state index < -0.39 is 12.1 Å². The summed E-state index contributed by atoms with van der Waals surface area (Å²) in [6.45, 7) is 5.52. The Hall–Kier alpha value is -2.04. The van der Waals surface area contributed by atoms with Crippen LogP contribution in [0.5, 0.6) is 0 Å². The summed E-state index contributed by atoms with van der Waals surface area (Å²) >= 11 is 0. The van der Waals surface area contributed by atoms with Crippen molar-refractivity contribution < 1.29 is 14.3 Å². The molecule has 0 unspecified atom stereocenters. The summed E-state index contributed by atoms with van der Waals surface area (Å²) in [5, 5.41) is 5.19. The van der Waals surface area contributed by atoms with Gasteiger partial charge in [-0.25, -0.2) is 4.79 Å². The Morgan fingerprint density at radius 2 is 1.74 bits per heavy atom. The van der Waals surface area contributed by atoms with Crippen LogP contribution in [0.2, 0.25) is 0 Å². The first-order chi connectivity index (χ1) is 8.99. The third-order valence-electron chi connectivity index (χ3n) is 2.37. The van der Waals surface area contributed by atoms with E-state index in [-0.39, 0.29) is 18.6 Å². The first-order valence-corrected chi connectivity index (χ1v) is 6.26. The van der Waals surface area contributed by atoms with Gasteiger partial charge in [-0.05, 0) is 26.3 Å². The molecular weight excluding hydrogens is 244 g/mol. The van der Waals surface area contributed by atoms with Gasteiger partial charge in [-0.3, -0.25) is 4.79 Å². The molecule has 0 spiro atoms. The molecule has 1 aromatic carbocycles. The monoisotopic (exact) mass is 264 g/mol. The third kappa shape index (κ3) is 5.90. The molecule has 1 rings (SSSR count). The van der Waals surface area contributed by atoms with E-state index in [9.17, 15) is 9.59 Å². The minimum Gasteiger partial charge on any atom is -0.445 e. The van der Waals surface area contributed by atoms with E-state index in [2.05, 4.69) is 10.6 Å². The number of hydrogen-bond acceptors (Lipinski definition) is 3. The van der Waals surface area contributed by atoms with Gasteiger partial charge in [0.1, 0.15) is 12.6 Å². The van der Waals surface area contributed by atoms with Gasteiger partial charge in [-0.1, -0.05) is 30.3 Å². The van der Waals surface area contributed by atoms with Gasteiger partial charge in [0.25, 0.3) is 0 Å². The van der Waals surface area contributed by atoms with E-state index in [1.165, 1.54) is 0 Å². The van der Waals surface area contributed by atoms with Crippen LogP contribution in [0.1, 0.15) is 26.3 Å². The maximum atomic E-state index is 11.6. The quantitative estimate of drug-likeness (QED) is 0.852. The predicted octanol–water partition coefficient (Wildman–Crippen LogP) is 1.83. The molecule has 0 radical (unpaired) electrons. The van der Waals surface area contributed by atoms with Crippen LogP contribution in [0, 0.1) is 0 Å². The number of hydrogen-bond donors (Lipinski definition) is 2. The molecule has 0 heterocycles. The average molecular weight is 264 g/mol. The van der Waals surface area contributed by atoms with Gasteiger partial charge in [0.05, 0.1) is 0 Å². The number of nitrogens with one attached hydrogen (secondary N) is 2. The highest BCUT2D eigenvalue weighted by atomic mass is 16.5. The second-order valence-electron chi connectivity index (χ2n) is 4.59. The summed E-state index contributed by atoms with van der Waals surface area (Å²) in [6, 6.07) is 8.78. The van der Waals surface area contributed by atoms with E-state index in [1.807, 2.05) is 44.2 Å². The van der Waals surface area contributed by atoms with Crippen molar-refractivity contribution in [3.05, 3.63) is 35.9 Å². The Morgan fingerprint density at radius 1 is 1.11 bits per heavy atom. The summed E-state index contributed by atoms with van der Waals surface area (Å²) in [5.74, 6) is -0.230. The lowest BCUT2D eigenvalue weighted by Gasteiger charge is -2.15. The first-order valence-electron chi connectivity index (χ1n) is 6.26. The number of rotatable bonds is 5. The Kier molecular flexibility index (Phi) is 5.85. The van der Waals surface area contributed by atoms with Crippen LogP contribution in [0.15, 0.2) is 30.3 Å². The van der Waals surface area contributed by atoms with Gasteiger partial charge in [-0.15, -0.1) is 0 Å². The van der Waals surface area contributed by atoms with Gasteiger partial charge in [0.15, 0.2) is 0 Å². The van der Waals surface area contributed by atoms with Crippen LogP contribution in [0.3, 0.4) is 0 Å². The van der Waals surface area contributed by atoms with Gasteiger partial charge >= 0.3 is 6.09 Å². The largest absolute Gasteiger partial charge is 0.445 e. The molecule has 1 atom stereocenters. The highest BCUT2D eigenvalue weighted by molar-refractivity contribution is 5.85. The number of benzene rings is 1. The zero-order valence-electron chi connectivity index (χ0n) is 11.5. The van der Waals surface area contributed by atoms with E-state index in [0.29, 0.717) is 0 Å². The molecule has 5 heteroatoms. The van der Waals surface area contributed by atoms with Crippen molar-refractivity contribution in [2.45, 2.75) is 39.5 Å². The molecule has 0 aliphatic heterocycles. The van der Waals surface area contributed by atoms with Crippen molar-refractivity contribution in [2.24, 2.45) is 0 Å². The second-order valence-corrected chi connectivity index (χ2v) is 4.59. The second kappa shape index (κ2) is 7.41. The number of ether oxygens (including phenoxy) is 1. The number of carbonyl (C=O) groups excluding carboxylic acids is 2. The number of alkyl carbamates (subject to hydrolysis) is 1. The minimum atomic E-state index is -0.620. The summed E-state index contributed by atoms with van der Waals surface area (Å²) in [5.41, 5.74) is 0.900. The average Bonchev–Trinajstić information content (AvgIpc) is 2.36. The van der Waals surface area contributed by atoms with Crippen molar-refractivity contribution >= 4 is 12.0 Å². The molecule has 0 fully saturated rings. The maximum absolute atomic E-state index is 11.6. The van der Waals surface area contributed by atoms with E-state index >= 15 is 0 Å². The van der Waals surface area contributed by atoms with E-state index in [4.69, 9.17) is 4.74 Å². The fourth-order valence-electron chi connectivity index (χ4n) is 1.42. The zero-order valence-corrected chi connectivity index (χ0v) is 11.5. The lowest BCUT2D eigenvalue weighted by Crippen LogP contribution is -2.46. The molecular formula is C14H20N2O3. The van der Waals surface area contributed by atoms with Crippen molar-refractivity contribution in [1.29, 1.82) is 0 Å². The number of carbonyl (C=O) groups is 2. The Morgan fingerprint density at radius 3 is 2.32 bits per heavy atom. The van der Waals surface area contributed by atoms with Gasteiger partial charge in [0, 0.05) is 6.04 Å². The van der Waals surface area contributed by atoms with Crippen LogP contribution in [0.25, 0.3) is 0 Å². The molecule has 1 aromatic rings. The smallest absolute Gasteiger partial charge is 0.408 e. The fraction of sp³-hybridized carbons (Fsp3) is 0.429. The summed E-state index contributed by atoms with van der Waals surface area (Å²) in [6.07, 6.45) is -0.602. The minimum absolute atomic E-state index is 0.0390. The zero-order chi connectivity index (χ0) is 14.3. The molecule has 0 aliphatic rings. The lowest BCUT2D eigenvalue weighted by atomic mass is 10.2. The summed E-state index contributed by atoms with van der Waals surface area (Å²) < 4.78 is 5.02. The summed E-state index contributed by atoms with van der Waals surface area (Å²) in [4.78, 5) is 23.1. The van der Waals surface area contributed by atoms with Crippen LogP contribution >= 0.6 is 0 Å². The SMILES string of the molecule is CC(C)NC(=O)[C@H](C)NC(=O)OCc1ccccc1. The van der Waals surface area contributed by atoms with Crippen LogP contribution < -0.4 is 10.6 Å². The Bertz CT molecular complexity index is 418.